The van der Waals surface area contributed by atoms with Crippen molar-refractivity contribution in [2.75, 3.05) is 20.6 Å². The standard InChI is InChI=1S/C13H20N2O/c1-15(2)9-7-12(16)11-6-5-10-4-3-8-14-13(10)11/h3-4,8,11-12,16H,5-7,9H2,1-2H3. The molecule has 0 fully saturated rings. The van der Waals surface area contributed by atoms with Crippen molar-refractivity contribution < 1.29 is 5.11 Å². The van der Waals surface area contributed by atoms with Crippen LogP contribution >= 0.6 is 0 Å². The summed E-state index contributed by atoms with van der Waals surface area (Å²) in [7, 11) is 4.07. The maximum Gasteiger partial charge on any atom is 0.0636 e. The summed E-state index contributed by atoms with van der Waals surface area (Å²) in [5.41, 5.74) is 2.44. The van der Waals surface area contributed by atoms with Crippen LogP contribution in [0.15, 0.2) is 18.3 Å². The Bertz CT molecular complexity index is 352. The highest BCUT2D eigenvalue weighted by molar-refractivity contribution is 5.29. The molecule has 0 spiro atoms. The molecule has 1 aromatic rings. The van der Waals surface area contributed by atoms with Gasteiger partial charge in [0.2, 0.25) is 0 Å². The fraction of sp³-hybridized carbons (Fsp3) is 0.615. The van der Waals surface area contributed by atoms with Crippen LogP contribution in [0.3, 0.4) is 0 Å². The molecule has 2 atom stereocenters. The van der Waals surface area contributed by atoms with Gasteiger partial charge in [-0.25, -0.2) is 0 Å². The van der Waals surface area contributed by atoms with Crippen LogP contribution in [0, 0.1) is 0 Å². The van der Waals surface area contributed by atoms with Crippen LogP contribution in [0.1, 0.15) is 30.0 Å². The molecule has 16 heavy (non-hydrogen) atoms. The molecule has 0 radical (unpaired) electrons. The van der Waals surface area contributed by atoms with Crippen molar-refractivity contribution >= 4 is 0 Å². The normalized spacial score (nSPS) is 21.1. The Kier molecular flexibility index (Phi) is 3.56. The average Bonchev–Trinajstić information content (AvgIpc) is 2.69. The molecule has 1 heterocycles. The lowest BCUT2D eigenvalue weighted by molar-refractivity contribution is 0.122. The number of rotatable bonds is 4. The quantitative estimate of drug-likeness (QED) is 0.833. The number of nitrogens with zero attached hydrogens (tertiary/aromatic N) is 2. The highest BCUT2D eigenvalue weighted by Crippen LogP contribution is 2.34. The predicted octanol–water partition coefficient (Wildman–Crippen LogP) is 1.42. The number of aliphatic hydroxyl groups is 1. The second-order valence-corrected chi connectivity index (χ2v) is 4.85. The molecule has 3 heteroatoms. The topological polar surface area (TPSA) is 36.4 Å². The van der Waals surface area contributed by atoms with E-state index in [1.54, 1.807) is 0 Å². The monoisotopic (exact) mass is 220 g/mol. The van der Waals surface area contributed by atoms with Crippen LogP contribution in [0.2, 0.25) is 0 Å². The summed E-state index contributed by atoms with van der Waals surface area (Å²) in [6.07, 6.45) is 4.51. The molecule has 0 saturated carbocycles. The van der Waals surface area contributed by atoms with Crippen molar-refractivity contribution in [3.05, 3.63) is 29.6 Å². The van der Waals surface area contributed by atoms with E-state index >= 15 is 0 Å². The van der Waals surface area contributed by atoms with Crippen LogP contribution in [-0.4, -0.2) is 41.7 Å². The Morgan fingerprint density at radius 2 is 2.38 bits per heavy atom. The first-order valence-corrected chi connectivity index (χ1v) is 5.95. The third-order valence-corrected chi connectivity index (χ3v) is 3.34. The number of hydrogen-bond acceptors (Lipinski definition) is 3. The number of aryl methyl sites for hydroxylation is 1. The van der Waals surface area contributed by atoms with Gasteiger partial charge < -0.3 is 10.0 Å². The van der Waals surface area contributed by atoms with Gasteiger partial charge in [-0.15, -0.1) is 0 Å². The summed E-state index contributed by atoms with van der Waals surface area (Å²) in [5, 5.41) is 10.2. The molecule has 1 aliphatic rings. The first-order valence-electron chi connectivity index (χ1n) is 5.95. The van der Waals surface area contributed by atoms with Crippen LogP contribution in [0.5, 0.6) is 0 Å². The summed E-state index contributed by atoms with van der Waals surface area (Å²) >= 11 is 0. The molecule has 3 nitrogen and oxygen atoms in total. The van der Waals surface area contributed by atoms with E-state index in [1.807, 2.05) is 26.4 Å². The Morgan fingerprint density at radius 3 is 3.12 bits per heavy atom. The maximum atomic E-state index is 10.2. The van der Waals surface area contributed by atoms with Crippen LogP contribution in [0.4, 0.5) is 0 Å². The van der Waals surface area contributed by atoms with Crippen molar-refractivity contribution in [1.82, 2.24) is 9.88 Å². The fourth-order valence-electron chi connectivity index (χ4n) is 2.41. The minimum absolute atomic E-state index is 0.246. The second kappa shape index (κ2) is 4.93. The zero-order chi connectivity index (χ0) is 11.5. The lowest BCUT2D eigenvalue weighted by Crippen LogP contribution is -2.24. The molecule has 1 aromatic heterocycles. The van der Waals surface area contributed by atoms with Crippen molar-refractivity contribution in [3.8, 4) is 0 Å². The third-order valence-electron chi connectivity index (χ3n) is 3.34. The van der Waals surface area contributed by atoms with Gasteiger partial charge in [0, 0.05) is 24.4 Å². The summed E-state index contributed by atoms with van der Waals surface area (Å²) in [4.78, 5) is 6.52. The summed E-state index contributed by atoms with van der Waals surface area (Å²) in [5.74, 6) is 0.246. The first kappa shape index (κ1) is 11.6. The zero-order valence-corrected chi connectivity index (χ0v) is 10.1. The summed E-state index contributed by atoms with van der Waals surface area (Å²) in [6.45, 7) is 0.930. The average molecular weight is 220 g/mol. The predicted molar refractivity (Wildman–Crippen MR) is 64.5 cm³/mol. The van der Waals surface area contributed by atoms with Gasteiger partial charge in [-0.2, -0.15) is 0 Å². The number of hydrogen-bond donors (Lipinski definition) is 1. The molecule has 2 unspecified atom stereocenters. The van der Waals surface area contributed by atoms with E-state index in [-0.39, 0.29) is 12.0 Å². The Hall–Kier alpha value is -0.930. The molecule has 0 bridgehead atoms. The van der Waals surface area contributed by atoms with E-state index in [0.717, 1.165) is 31.5 Å². The molecule has 1 aliphatic carbocycles. The van der Waals surface area contributed by atoms with Gasteiger partial charge in [-0.05, 0) is 45.0 Å². The second-order valence-electron chi connectivity index (χ2n) is 4.85. The summed E-state index contributed by atoms with van der Waals surface area (Å²) in [6, 6.07) is 4.11. The van der Waals surface area contributed by atoms with E-state index in [9.17, 15) is 5.11 Å². The minimum atomic E-state index is -0.251. The van der Waals surface area contributed by atoms with E-state index in [2.05, 4.69) is 16.0 Å². The lowest BCUT2D eigenvalue weighted by Gasteiger charge is -2.20. The third kappa shape index (κ3) is 2.42. The fourth-order valence-corrected chi connectivity index (χ4v) is 2.41. The minimum Gasteiger partial charge on any atom is -0.392 e. The van der Waals surface area contributed by atoms with Crippen LogP contribution < -0.4 is 0 Å². The molecule has 0 aromatic carbocycles. The van der Waals surface area contributed by atoms with E-state index < -0.39 is 0 Å². The number of fused-ring (bicyclic) bond motifs is 1. The SMILES string of the molecule is CN(C)CCC(O)C1CCc2cccnc21. The number of aliphatic hydroxyl groups excluding tert-OH is 1. The molecule has 88 valence electrons. The molecular weight excluding hydrogens is 200 g/mol. The highest BCUT2D eigenvalue weighted by atomic mass is 16.3. The lowest BCUT2D eigenvalue weighted by atomic mass is 9.97. The van der Waals surface area contributed by atoms with Gasteiger partial charge in [0.05, 0.1) is 6.10 Å². The van der Waals surface area contributed by atoms with E-state index in [1.165, 1.54) is 5.56 Å². The molecule has 2 rings (SSSR count). The van der Waals surface area contributed by atoms with Gasteiger partial charge in [0.25, 0.3) is 0 Å². The van der Waals surface area contributed by atoms with Crippen molar-refractivity contribution in [2.45, 2.75) is 31.3 Å². The van der Waals surface area contributed by atoms with E-state index in [4.69, 9.17) is 0 Å². The maximum absolute atomic E-state index is 10.2. The zero-order valence-electron chi connectivity index (χ0n) is 10.1. The smallest absolute Gasteiger partial charge is 0.0636 e. The number of pyridine rings is 1. The Labute approximate surface area is 97.1 Å². The van der Waals surface area contributed by atoms with Gasteiger partial charge in [-0.3, -0.25) is 4.98 Å². The molecule has 0 saturated heterocycles. The molecule has 0 aliphatic heterocycles. The molecule has 0 amide bonds. The summed E-state index contributed by atoms with van der Waals surface area (Å²) < 4.78 is 0. The van der Waals surface area contributed by atoms with Crippen LogP contribution in [0.25, 0.3) is 0 Å². The van der Waals surface area contributed by atoms with Gasteiger partial charge in [-0.1, -0.05) is 6.07 Å². The number of aromatic nitrogens is 1. The van der Waals surface area contributed by atoms with Crippen molar-refractivity contribution in [3.63, 3.8) is 0 Å². The Balaban J connectivity index is 2.01. The first-order chi connectivity index (χ1) is 7.68. The van der Waals surface area contributed by atoms with Gasteiger partial charge in [0.15, 0.2) is 0 Å². The molecular formula is C13H20N2O. The molecule has 1 N–H and O–H groups in total. The van der Waals surface area contributed by atoms with Crippen molar-refractivity contribution in [1.29, 1.82) is 0 Å². The van der Waals surface area contributed by atoms with Gasteiger partial charge >= 0.3 is 0 Å². The largest absolute Gasteiger partial charge is 0.392 e. The van der Waals surface area contributed by atoms with Crippen LogP contribution in [-0.2, 0) is 6.42 Å². The van der Waals surface area contributed by atoms with Gasteiger partial charge in [0.1, 0.15) is 0 Å². The highest BCUT2D eigenvalue weighted by Gasteiger charge is 2.29. The van der Waals surface area contributed by atoms with E-state index in [0.29, 0.717) is 0 Å². The van der Waals surface area contributed by atoms with Crippen molar-refractivity contribution in [2.24, 2.45) is 0 Å². The Morgan fingerprint density at radius 1 is 1.56 bits per heavy atom.